The molecule has 0 aromatic carbocycles. The number of carbonyl (C=O) groups is 1. The minimum absolute atomic E-state index is 0.358. The molecule has 0 atom stereocenters. The molecule has 0 spiro atoms. The molecule has 0 saturated carbocycles. The summed E-state index contributed by atoms with van der Waals surface area (Å²) in [7, 11) is 0. The van der Waals surface area contributed by atoms with Crippen molar-refractivity contribution < 1.29 is 4.79 Å². The Hall–Kier alpha value is -0.610. The van der Waals surface area contributed by atoms with Crippen LogP contribution in [0.2, 0.25) is 0 Å². The second-order valence-corrected chi connectivity index (χ2v) is 6.32. The molecule has 1 amide bonds. The molecule has 0 aliphatic carbocycles. The average Bonchev–Trinajstić information content (AvgIpc) is 2.75. The van der Waals surface area contributed by atoms with Crippen LogP contribution in [0.15, 0.2) is 0 Å². The number of carbonyl (C=O) groups excluding carboxylic acids is 1. The number of likely N-dealkylation sites (tertiary alicyclic amines) is 2. The van der Waals surface area contributed by atoms with Crippen LogP contribution in [0, 0.1) is 5.92 Å². The van der Waals surface area contributed by atoms with Gasteiger partial charge in [0.15, 0.2) is 0 Å². The van der Waals surface area contributed by atoms with Crippen molar-refractivity contribution in [2.24, 2.45) is 5.92 Å². The van der Waals surface area contributed by atoms with Gasteiger partial charge in [0.25, 0.3) is 0 Å². The number of amides is 1. The monoisotopic (exact) mass is 281 g/mol. The van der Waals surface area contributed by atoms with Gasteiger partial charge in [-0.3, -0.25) is 9.69 Å². The molecule has 4 nitrogen and oxygen atoms in total. The minimum atomic E-state index is 0.358. The molecule has 2 rings (SSSR count). The largest absolute Gasteiger partial charge is 0.342 e. The predicted molar refractivity (Wildman–Crippen MR) is 82.8 cm³/mol. The van der Waals surface area contributed by atoms with Gasteiger partial charge < -0.3 is 10.2 Å². The smallest absolute Gasteiger partial charge is 0.236 e. The van der Waals surface area contributed by atoms with Gasteiger partial charge in [0, 0.05) is 13.1 Å². The molecule has 0 aromatic rings. The molecular formula is C16H31N3O. The molecule has 20 heavy (non-hydrogen) atoms. The van der Waals surface area contributed by atoms with E-state index in [1.807, 2.05) is 0 Å². The van der Waals surface area contributed by atoms with E-state index >= 15 is 0 Å². The molecule has 0 unspecified atom stereocenters. The topological polar surface area (TPSA) is 35.6 Å². The van der Waals surface area contributed by atoms with Crippen molar-refractivity contribution >= 4 is 5.91 Å². The highest BCUT2D eigenvalue weighted by Gasteiger charge is 2.23. The molecule has 2 aliphatic heterocycles. The van der Waals surface area contributed by atoms with Crippen molar-refractivity contribution in [2.75, 3.05) is 45.8 Å². The van der Waals surface area contributed by atoms with Gasteiger partial charge in [-0.1, -0.05) is 19.8 Å². The molecule has 116 valence electrons. The zero-order valence-electron chi connectivity index (χ0n) is 13.1. The number of hydrogen-bond acceptors (Lipinski definition) is 3. The summed E-state index contributed by atoms with van der Waals surface area (Å²) in [5.41, 5.74) is 0. The van der Waals surface area contributed by atoms with Gasteiger partial charge in [-0.05, 0) is 57.8 Å². The fourth-order valence-electron chi connectivity index (χ4n) is 3.31. The molecule has 0 bridgehead atoms. The third-order valence-corrected chi connectivity index (χ3v) is 4.71. The molecule has 1 N–H and O–H groups in total. The van der Waals surface area contributed by atoms with Crippen LogP contribution in [0.4, 0.5) is 0 Å². The van der Waals surface area contributed by atoms with E-state index in [4.69, 9.17) is 0 Å². The van der Waals surface area contributed by atoms with Crippen molar-refractivity contribution in [1.82, 2.24) is 15.1 Å². The first kappa shape index (κ1) is 15.8. The number of rotatable bonds is 5. The summed E-state index contributed by atoms with van der Waals surface area (Å²) in [4.78, 5) is 16.8. The van der Waals surface area contributed by atoms with Crippen LogP contribution in [-0.4, -0.2) is 61.5 Å². The van der Waals surface area contributed by atoms with Crippen molar-refractivity contribution in [3.05, 3.63) is 0 Å². The van der Waals surface area contributed by atoms with E-state index < -0.39 is 0 Å². The van der Waals surface area contributed by atoms with Crippen LogP contribution in [0.3, 0.4) is 0 Å². The van der Waals surface area contributed by atoms with E-state index in [0.717, 1.165) is 45.2 Å². The first-order chi connectivity index (χ1) is 9.79. The van der Waals surface area contributed by atoms with E-state index in [0.29, 0.717) is 12.5 Å². The lowest BCUT2D eigenvalue weighted by Crippen LogP contribution is -2.44. The molecule has 4 heteroatoms. The minimum Gasteiger partial charge on any atom is -0.342 e. The molecular weight excluding hydrogens is 250 g/mol. The van der Waals surface area contributed by atoms with Gasteiger partial charge in [-0.2, -0.15) is 0 Å². The summed E-state index contributed by atoms with van der Waals surface area (Å²) in [5.74, 6) is 1.16. The van der Waals surface area contributed by atoms with E-state index in [2.05, 4.69) is 22.0 Å². The van der Waals surface area contributed by atoms with Crippen LogP contribution in [-0.2, 0) is 4.79 Å². The predicted octanol–water partition coefficient (Wildman–Crippen LogP) is 1.71. The summed E-state index contributed by atoms with van der Waals surface area (Å²) < 4.78 is 0. The maximum absolute atomic E-state index is 12.3. The van der Waals surface area contributed by atoms with E-state index in [-0.39, 0.29) is 0 Å². The van der Waals surface area contributed by atoms with Crippen molar-refractivity contribution in [3.63, 3.8) is 0 Å². The average molecular weight is 281 g/mol. The highest BCUT2D eigenvalue weighted by atomic mass is 16.2. The zero-order valence-corrected chi connectivity index (χ0v) is 13.1. The highest BCUT2D eigenvalue weighted by molar-refractivity contribution is 5.78. The molecule has 2 aliphatic rings. The van der Waals surface area contributed by atoms with Crippen LogP contribution < -0.4 is 5.32 Å². The second-order valence-electron chi connectivity index (χ2n) is 6.32. The molecule has 0 aromatic heterocycles. The number of piperidine rings is 1. The van der Waals surface area contributed by atoms with Crippen molar-refractivity contribution in [3.8, 4) is 0 Å². The second kappa shape index (κ2) is 8.63. The first-order valence-electron chi connectivity index (χ1n) is 8.50. The van der Waals surface area contributed by atoms with Gasteiger partial charge in [-0.15, -0.1) is 0 Å². The van der Waals surface area contributed by atoms with Crippen molar-refractivity contribution in [1.29, 1.82) is 0 Å². The SMILES string of the molecule is CCNCC1CCN(CC(=O)N2CCCCCC2)CC1. The molecule has 2 saturated heterocycles. The van der Waals surface area contributed by atoms with Crippen LogP contribution >= 0.6 is 0 Å². The first-order valence-corrected chi connectivity index (χ1v) is 8.50. The quantitative estimate of drug-likeness (QED) is 0.833. The van der Waals surface area contributed by atoms with E-state index in [1.54, 1.807) is 0 Å². The Morgan fingerprint density at radius 2 is 1.70 bits per heavy atom. The number of nitrogens with one attached hydrogen (secondary N) is 1. The Balaban J connectivity index is 1.67. The van der Waals surface area contributed by atoms with Crippen molar-refractivity contribution in [2.45, 2.75) is 45.4 Å². The third kappa shape index (κ3) is 5.06. The standard InChI is InChI=1S/C16H31N3O/c1-2-17-13-15-7-11-18(12-8-15)14-16(20)19-9-5-3-4-6-10-19/h15,17H,2-14H2,1H3. The van der Waals surface area contributed by atoms with Gasteiger partial charge >= 0.3 is 0 Å². The Labute approximate surface area is 123 Å². The summed E-state index contributed by atoms with van der Waals surface area (Å²) in [6.07, 6.45) is 7.44. The van der Waals surface area contributed by atoms with E-state index in [9.17, 15) is 4.79 Å². The molecule has 2 fully saturated rings. The Kier molecular flexibility index (Phi) is 6.80. The van der Waals surface area contributed by atoms with Crippen LogP contribution in [0.25, 0.3) is 0 Å². The van der Waals surface area contributed by atoms with Crippen LogP contribution in [0.5, 0.6) is 0 Å². The highest BCUT2D eigenvalue weighted by Crippen LogP contribution is 2.17. The Bertz CT molecular complexity index is 279. The van der Waals surface area contributed by atoms with E-state index in [1.165, 1.54) is 38.5 Å². The number of hydrogen-bond donors (Lipinski definition) is 1. The lowest BCUT2D eigenvalue weighted by molar-refractivity contribution is -0.132. The molecule has 2 heterocycles. The van der Waals surface area contributed by atoms with Gasteiger partial charge in [-0.25, -0.2) is 0 Å². The number of nitrogens with zero attached hydrogens (tertiary/aromatic N) is 2. The fraction of sp³-hybridized carbons (Fsp3) is 0.938. The maximum Gasteiger partial charge on any atom is 0.236 e. The zero-order chi connectivity index (χ0) is 14.2. The third-order valence-electron chi connectivity index (χ3n) is 4.71. The van der Waals surface area contributed by atoms with Gasteiger partial charge in [0.1, 0.15) is 0 Å². The Morgan fingerprint density at radius 3 is 2.30 bits per heavy atom. The summed E-state index contributed by atoms with van der Waals surface area (Å²) in [6.45, 7) is 9.16. The lowest BCUT2D eigenvalue weighted by Gasteiger charge is -2.33. The Morgan fingerprint density at radius 1 is 1.05 bits per heavy atom. The van der Waals surface area contributed by atoms with Crippen LogP contribution in [0.1, 0.15) is 45.4 Å². The molecule has 0 radical (unpaired) electrons. The van der Waals surface area contributed by atoms with Gasteiger partial charge in [0.2, 0.25) is 5.91 Å². The summed E-state index contributed by atoms with van der Waals surface area (Å²) in [6, 6.07) is 0. The normalized spacial score (nSPS) is 22.8. The summed E-state index contributed by atoms with van der Waals surface area (Å²) >= 11 is 0. The fourth-order valence-corrected chi connectivity index (χ4v) is 3.31. The maximum atomic E-state index is 12.3. The van der Waals surface area contributed by atoms with Gasteiger partial charge in [0.05, 0.1) is 6.54 Å². The summed E-state index contributed by atoms with van der Waals surface area (Å²) in [5, 5.41) is 3.44. The lowest BCUT2D eigenvalue weighted by atomic mass is 9.97.